The van der Waals surface area contributed by atoms with E-state index in [-0.39, 0.29) is 24.2 Å². The van der Waals surface area contributed by atoms with E-state index in [0.29, 0.717) is 38.0 Å². The normalized spacial score (nSPS) is 13.8. The van der Waals surface area contributed by atoms with E-state index in [4.69, 9.17) is 19.9 Å². The minimum absolute atomic E-state index is 0.141. The highest BCUT2D eigenvalue weighted by Gasteiger charge is 2.31. The molecular formula is C33H55N3O7. The van der Waals surface area contributed by atoms with Crippen LogP contribution in [-0.2, 0) is 30.3 Å². The van der Waals surface area contributed by atoms with Crippen LogP contribution in [0.4, 0.5) is 4.79 Å². The van der Waals surface area contributed by atoms with Gasteiger partial charge in [0, 0.05) is 12.3 Å². The van der Waals surface area contributed by atoms with Crippen molar-refractivity contribution in [2.75, 3.05) is 13.7 Å². The number of carbonyl (C=O) groups is 4. The average molecular weight is 606 g/mol. The predicted octanol–water partition coefficient (Wildman–Crippen LogP) is 5.24. The number of ether oxygens (including phenoxy) is 3. The summed E-state index contributed by atoms with van der Waals surface area (Å²) in [6, 6.07) is 5.73. The van der Waals surface area contributed by atoms with E-state index < -0.39 is 41.6 Å². The van der Waals surface area contributed by atoms with Gasteiger partial charge in [0.2, 0.25) is 5.91 Å². The molecule has 244 valence electrons. The van der Waals surface area contributed by atoms with E-state index in [1.54, 1.807) is 20.8 Å². The molecule has 0 aliphatic rings. The highest BCUT2D eigenvalue weighted by molar-refractivity contribution is 5.93. The number of amides is 2. The van der Waals surface area contributed by atoms with E-state index in [2.05, 4.69) is 17.6 Å². The third-order valence-electron chi connectivity index (χ3n) is 6.57. The summed E-state index contributed by atoms with van der Waals surface area (Å²) in [5, 5.41) is 5.54. The molecule has 1 aromatic carbocycles. The maximum absolute atomic E-state index is 13.7. The van der Waals surface area contributed by atoms with E-state index in [9.17, 15) is 19.2 Å². The summed E-state index contributed by atoms with van der Waals surface area (Å²) in [5.41, 5.74) is 5.38. The summed E-state index contributed by atoms with van der Waals surface area (Å²) in [6.45, 7) is 13.6. The Morgan fingerprint density at radius 1 is 0.837 bits per heavy atom. The number of ketones is 1. The Morgan fingerprint density at radius 2 is 1.44 bits per heavy atom. The lowest BCUT2D eigenvalue weighted by atomic mass is 9.89. The average Bonchev–Trinajstić information content (AvgIpc) is 2.90. The molecule has 0 aliphatic carbocycles. The van der Waals surface area contributed by atoms with Crippen LogP contribution >= 0.6 is 0 Å². The molecule has 43 heavy (non-hydrogen) atoms. The second-order valence-corrected chi connectivity index (χ2v) is 13.0. The van der Waals surface area contributed by atoms with Gasteiger partial charge in [0.25, 0.3) is 0 Å². The first kappa shape index (κ1) is 37.9. The van der Waals surface area contributed by atoms with Gasteiger partial charge in [-0.25, -0.2) is 9.59 Å². The molecule has 0 radical (unpaired) electrons. The number of nitrogens with one attached hydrogen (secondary N) is 2. The molecule has 0 fully saturated rings. The van der Waals surface area contributed by atoms with Gasteiger partial charge in [0.1, 0.15) is 23.0 Å². The van der Waals surface area contributed by atoms with Crippen molar-refractivity contribution in [3.8, 4) is 5.75 Å². The molecular weight excluding hydrogens is 550 g/mol. The fourth-order valence-corrected chi connectivity index (χ4v) is 4.51. The van der Waals surface area contributed by atoms with Crippen LogP contribution in [0.3, 0.4) is 0 Å². The third kappa shape index (κ3) is 16.3. The lowest BCUT2D eigenvalue weighted by molar-refractivity contribution is -0.146. The number of alkyl carbamates (subject to hydrolysis) is 1. The molecule has 0 saturated carbocycles. The van der Waals surface area contributed by atoms with Crippen molar-refractivity contribution in [3.05, 3.63) is 29.8 Å². The van der Waals surface area contributed by atoms with Gasteiger partial charge in [-0.05, 0) is 97.9 Å². The van der Waals surface area contributed by atoms with Crippen molar-refractivity contribution >= 4 is 23.8 Å². The van der Waals surface area contributed by atoms with Gasteiger partial charge in [-0.3, -0.25) is 9.59 Å². The highest BCUT2D eigenvalue weighted by atomic mass is 16.6. The number of rotatable bonds is 18. The van der Waals surface area contributed by atoms with Crippen LogP contribution in [-0.4, -0.2) is 60.7 Å². The standard InChI is InChI=1S/C33H55N3O7/c1-9-10-11-15-27(30(39)41-8)35-29(38)24(21-23-16-18-25(19-17-23)42-32(2,3)4)22-28(37)26(14-12-13-20-34)36-31(40)43-33(5,6)7/h16-19,24,26-27H,9-15,20-22,34H2,1-8H3,(H,35,38)(H,36,40)/t24-,26+,27?/m1/s1. The lowest BCUT2D eigenvalue weighted by Crippen LogP contribution is -2.47. The van der Waals surface area contributed by atoms with Gasteiger partial charge in [0.05, 0.1) is 13.2 Å². The molecule has 10 heteroatoms. The zero-order valence-corrected chi connectivity index (χ0v) is 27.5. The summed E-state index contributed by atoms with van der Waals surface area (Å²) < 4.78 is 16.2. The molecule has 0 heterocycles. The van der Waals surface area contributed by atoms with E-state index in [1.807, 2.05) is 45.0 Å². The largest absolute Gasteiger partial charge is 0.488 e. The van der Waals surface area contributed by atoms with Gasteiger partial charge >= 0.3 is 12.1 Å². The van der Waals surface area contributed by atoms with Crippen molar-refractivity contribution in [2.45, 2.75) is 130 Å². The van der Waals surface area contributed by atoms with Crippen LogP contribution < -0.4 is 21.1 Å². The van der Waals surface area contributed by atoms with Gasteiger partial charge in [0.15, 0.2) is 5.78 Å². The van der Waals surface area contributed by atoms with Crippen molar-refractivity contribution < 1.29 is 33.4 Å². The van der Waals surface area contributed by atoms with Gasteiger partial charge < -0.3 is 30.6 Å². The van der Waals surface area contributed by atoms with Gasteiger partial charge in [-0.1, -0.05) is 38.3 Å². The summed E-state index contributed by atoms with van der Waals surface area (Å²) in [6.07, 6.45) is 4.14. The zero-order chi connectivity index (χ0) is 32.6. The second-order valence-electron chi connectivity index (χ2n) is 13.0. The summed E-state index contributed by atoms with van der Waals surface area (Å²) in [5.74, 6) is -1.34. The maximum atomic E-state index is 13.7. The predicted molar refractivity (Wildman–Crippen MR) is 168 cm³/mol. The van der Waals surface area contributed by atoms with Gasteiger partial charge in [-0.15, -0.1) is 0 Å². The monoisotopic (exact) mass is 605 g/mol. The number of methoxy groups -OCH3 is 1. The Kier molecular flexibility index (Phi) is 16.3. The lowest BCUT2D eigenvalue weighted by Gasteiger charge is -2.25. The van der Waals surface area contributed by atoms with E-state index >= 15 is 0 Å². The first-order valence-corrected chi connectivity index (χ1v) is 15.5. The first-order chi connectivity index (χ1) is 20.1. The van der Waals surface area contributed by atoms with Crippen LogP contribution in [0.25, 0.3) is 0 Å². The van der Waals surface area contributed by atoms with Crippen LogP contribution in [0.1, 0.15) is 105 Å². The van der Waals surface area contributed by atoms with Crippen molar-refractivity contribution in [2.24, 2.45) is 11.7 Å². The van der Waals surface area contributed by atoms with E-state index in [0.717, 1.165) is 24.8 Å². The van der Waals surface area contributed by atoms with Crippen LogP contribution in [0, 0.1) is 5.92 Å². The smallest absolute Gasteiger partial charge is 0.408 e. The second kappa shape index (κ2) is 18.5. The Morgan fingerprint density at radius 3 is 1.98 bits per heavy atom. The summed E-state index contributed by atoms with van der Waals surface area (Å²) in [7, 11) is 1.29. The molecule has 0 aliphatic heterocycles. The summed E-state index contributed by atoms with van der Waals surface area (Å²) >= 11 is 0. The number of Topliss-reactive ketones (excluding diaryl/α,β-unsaturated/α-hetero) is 1. The van der Waals surface area contributed by atoms with Crippen molar-refractivity contribution in [3.63, 3.8) is 0 Å². The molecule has 1 unspecified atom stereocenters. The number of hydrogen-bond donors (Lipinski definition) is 3. The number of esters is 1. The van der Waals surface area contributed by atoms with Crippen LogP contribution in [0.15, 0.2) is 24.3 Å². The van der Waals surface area contributed by atoms with E-state index in [1.165, 1.54) is 7.11 Å². The maximum Gasteiger partial charge on any atom is 0.408 e. The van der Waals surface area contributed by atoms with Crippen LogP contribution in [0.5, 0.6) is 5.75 Å². The molecule has 3 atom stereocenters. The summed E-state index contributed by atoms with van der Waals surface area (Å²) in [4.78, 5) is 52.4. The third-order valence-corrected chi connectivity index (χ3v) is 6.57. The molecule has 1 rings (SSSR count). The Balaban J connectivity index is 3.25. The Labute approximate surface area is 258 Å². The first-order valence-electron chi connectivity index (χ1n) is 15.5. The fraction of sp³-hybridized carbons (Fsp3) is 0.697. The molecule has 1 aromatic rings. The molecule has 0 aromatic heterocycles. The molecule has 2 amide bonds. The quantitative estimate of drug-likeness (QED) is 0.152. The number of nitrogens with two attached hydrogens (primary N) is 1. The fourth-order valence-electron chi connectivity index (χ4n) is 4.51. The Hall–Kier alpha value is -3.14. The Bertz CT molecular complexity index is 1010. The molecule has 10 nitrogen and oxygen atoms in total. The highest BCUT2D eigenvalue weighted by Crippen LogP contribution is 2.22. The van der Waals surface area contributed by atoms with Gasteiger partial charge in [-0.2, -0.15) is 0 Å². The zero-order valence-electron chi connectivity index (χ0n) is 27.5. The number of carbonyl (C=O) groups excluding carboxylic acids is 4. The van der Waals surface area contributed by atoms with Crippen molar-refractivity contribution in [1.29, 1.82) is 0 Å². The van der Waals surface area contributed by atoms with Crippen LogP contribution in [0.2, 0.25) is 0 Å². The molecule has 0 bridgehead atoms. The minimum atomic E-state index is -0.847. The van der Waals surface area contributed by atoms with Crippen molar-refractivity contribution in [1.82, 2.24) is 10.6 Å². The topological polar surface area (TPSA) is 146 Å². The molecule has 4 N–H and O–H groups in total. The number of benzene rings is 1. The minimum Gasteiger partial charge on any atom is -0.488 e. The SMILES string of the molecule is CCCCCC(NC(=O)[C@@H](CC(=O)[C@H](CCCCN)NC(=O)OC(C)(C)C)Cc1ccc(OC(C)(C)C)cc1)C(=O)OC. The molecule has 0 saturated heterocycles. The number of unbranched alkanes of at least 4 members (excludes halogenated alkanes) is 3. The molecule has 0 spiro atoms. The number of hydrogen-bond acceptors (Lipinski definition) is 8.